The van der Waals surface area contributed by atoms with Gasteiger partial charge in [0.15, 0.2) is 0 Å². The number of carbonyl (C=O) groups excluding carboxylic acids is 1. The van der Waals surface area contributed by atoms with Gasteiger partial charge >= 0.3 is 6.09 Å². The Kier molecular flexibility index (Phi) is 6.77. The SMILES string of the molecule is CCCC(CCC=N)NC(=O)OC(C)(C)C. The molecular formula is C12H24N2O2. The second-order valence-electron chi connectivity index (χ2n) is 4.91. The second kappa shape index (κ2) is 7.25. The minimum atomic E-state index is -0.456. The van der Waals surface area contributed by atoms with E-state index in [2.05, 4.69) is 12.2 Å². The molecule has 0 aromatic carbocycles. The van der Waals surface area contributed by atoms with Gasteiger partial charge in [-0.05, 0) is 46.2 Å². The Morgan fingerprint density at radius 1 is 1.44 bits per heavy atom. The summed E-state index contributed by atoms with van der Waals surface area (Å²) >= 11 is 0. The Bertz CT molecular complexity index is 222. The van der Waals surface area contributed by atoms with E-state index in [4.69, 9.17) is 10.1 Å². The van der Waals surface area contributed by atoms with Crippen LogP contribution in [0.2, 0.25) is 0 Å². The third-order valence-electron chi connectivity index (χ3n) is 2.02. The number of hydrogen-bond acceptors (Lipinski definition) is 3. The van der Waals surface area contributed by atoms with Crippen molar-refractivity contribution in [2.75, 3.05) is 0 Å². The lowest BCUT2D eigenvalue weighted by Gasteiger charge is -2.23. The molecule has 1 unspecified atom stereocenters. The fourth-order valence-corrected chi connectivity index (χ4v) is 1.40. The van der Waals surface area contributed by atoms with Gasteiger partial charge in [0, 0.05) is 6.04 Å². The predicted molar refractivity (Wildman–Crippen MR) is 66.1 cm³/mol. The van der Waals surface area contributed by atoms with Crippen molar-refractivity contribution in [2.45, 2.75) is 65.0 Å². The van der Waals surface area contributed by atoms with Crippen molar-refractivity contribution in [1.29, 1.82) is 5.41 Å². The molecule has 1 amide bonds. The van der Waals surface area contributed by atoms with Crippen LogP contribution in [0.3, 0.4) is 0 Å². The maximum Gasteiger partial charge on any atom is 0.407 e. The van der Waals surface area contributed by atoms with Crippen molar-refractivity contribution >= 4 is 12.3 Å². The first-order valence-electron chi connectivity index (χ1n) is 5.87. The summed E-state index contributed by atoms with van der Waals surface area (Å²) in [4.78, 5) is 11.5. The number of amides is 1. The Morgan fingerprint density at radius 2 is 2.06 bits per heavy atom. The first-order valence-corrected chi connectivity index (χ1v) is 5.87. The summed E-state index contributed by atoms with van der Waals surface area (Å²) in [6, 6.07) is 0.112. The Balaban J connectivity index is 4.06. The molecule has 2 N–H and O–H groups in total. The van der Waals surface area contributed by atoms with Crippen LogP contribution in [0.15, 0.2) is 0 Å². The van der Waals surface area contributed by atoms with Crippen LogP contribution >= 0.6 is 0 Å². The zero-order chi connectivity index (χ0) is 12.6. The van der Waals surface area contributed by atoms with E-state index in [1.807, 2.05) is 20.8 Å². The highest BCUT2D eigenvalue weighted by Gasteiger charge is 2.18. The van der Waals surface area contributed by atoms with Crippen LogP contribution in [-0.4, -0.2) is 24.0 Å². The maximum atomic E-state index is 11.5. The van der Waals surface area contributed by atoms with E-state index in [9.17, 15) is 4.79 Å². The van der Waals surface area contributed by atoms with Crippen molar-refractivity contribution in [3.8, 4) is 0 Å². The number of nitrogens with one attached hydrogen (secondary N) is 2. The summed E-state index contributed by atoms with van der Waals surface area (Å²) in [6.07, 6.45) is 4.44. The summed E-state index contributed by atoms with van der Waals surface area (Å²) in [6.45, 7) is 7.62. The summed E-state index contributed by atoms with van der Waals surface area (Å²) in [5, 5.41) is 9.83. The first kappa shape index (κ1) is 14.9. The van der Waals surface area contributed by atoms with E-state index < -0.39 is 5.60 Å². The van der Waals surface area contributed by atoms with Gasteiger partial charge < -0.3 is 15.5 Å². The molecule has 0 aromatic heterocycles. The largest absolute Gasteiger partial charge is 0.444 e. The average molecular weight is 228 g/mol. The van der Waals surface area contributed by atoms with E-state index in [-0.39, 0.29) is 12.1 Å². The third kappa shape index (κ3) is 8.26. The molecule has 4 nitrogen and oxygen atoms in total. The van der Waals surface area contributed by atoms with Crippen LogP contribution in [-0.2, 0) is 4.74 Å². The number of alkyl carbamates (subject to hydrolysis) is 1. The number of carbonyl (C=O) groups is 1. The van der Waals surface area contributed by atoms with Gasteiger partial charge in [0.2, 0.25) is 0 Å². The molecule has 0 spiro atoms. The maximum absolute atomic E-state index is 11.5. The zero-order valence-electron chi connectivity index (χ0n) is 10.8. The number of rotatable bonds is 6. The quantitative estimate of drug-likeness (QED) is 0.686. The van der Waals surface area contributed by atoms with Crippen molar-refractivity contribution in [2.24, 2.45) is 0 Å². The topological polar surface area (TPSA) is 62.2 Å². The summed E-state index contributed by atoms with van der Waals surface area (Å²) < 4.78 is 5.19. The van der Waals surface area contributed by atoms with Gasteiger partial charge in [-0.1, -0.05) is 13.3 Å². The molecule has 0 saturated carbocycles. The lowest BCUT2D eigenvalue weighted by Crippen LogP contribution is -2.39. The van der Waals surface area contributed by atoms with Crippen molar-refractivity contribution < 1.29 is 9.53 Å². The third-order valence-corrected chi connectivity index (χ3v) is 2.02. The molecule has 0 rings (SSSR count). The molecule has 94 valence electrons. The van der Waals surface area contributed by atoms with Crippen LogP contribution in [0, 0.1) is 5.41 Å². The fourth-order valence-electron chi connectivity index (χ4n) is 1.40. The molecule has 0 aromatic rings. The van der Waals surface area contributed by atoms with Gasteiger partial charge in [-0.15, -0.1) is 0 Å². The van der Waals surface area contributed by atoms with Crippen LogP contribution in [0.5, 0.6) is 0 Å². The van der Waals surface area contributed by atoms with Crippen LogP contribution in [0.25, 0.3) is 0 Å². The van der Waals surface area contributed by atoms with Crippen LogP contribution < -0.4 is 5.32 Å². The van der Waals surface area contributed by atoms with Gasteiger partial charge in [-0.2, -0.15) is 0 Å². The minimum Gasteiger partial charge on any atom is -0.444 e. The second-order valence-corrected chi connectivity index (χ2v) is 4.91. The zero-order valence-corrected chi connectivity index (χ0v) is 10.8. The van der Waals surface area contributed by atoms with Gasteiger partial charge in [-0.25, -0.2) is 4.79 Å². The molecule has 0 heterocycles. The van der Waals surface area contributed by atoms with Gasteiger partial charge in [0.1, 0.15) is 5.60 Å². The molecule has 0 aliphatic heterocycles. The highest BCUT2D eigenvalue weighted by Crippen LogP contribution is 2.09. The standard InChI is InChI=1S/C12H24N2O2/c1-5-7-10(8-6-9-13)14-11(15)16-12(2,3)4/h9-10,13H,5-8H2,1-4H3,(H,14,15). The molecule has 16 heavy (non-hydrogen) atoms. The van der Waals surface area contributed by atoms with Crippen molar-refractivity contribution in [1.82, 2.24) is 5.32 Å². The monoisotopic (exact) mass is 228 g/mol. The molecule has 0 aliphatic rings. The van der Waals surface area contributed by atoms with Crippen LogP contribution in [0.4, 0.5) is 4.79 Å². The molecule has 4 heteroatoms. The number of ether oxygens (including phenoxy) is 1. The van der Waals surface area contributed by atoms with Gasteiger partial charge in [0.25, 0.3) is 0 Å². The highest BCUT2D eigenvalue weighted by atomic mass is 16.6. The van der Waals surface area contributed by atoms with Gasteiger partial charge in [0.05, 0.1) is 0 Å². The molecule has 0 saturated heterocycles. The summed E-state index contributed by atoms with van der Waals surface area (Å²) in [7, 11) is 0. The van der Waals surface area contributed by atoms with Crippen molar-refractivity contribution in [3.05, 3.63) is 0 Å². The molecule has 0 radical (unpaired) electrons. The molecule has 1 atom stereocenters. The highest BCUT2D eigenvalue weighted by molar-refractivity contribution is 5.68. The van der Waals surface area contributed by atoms with E-state index in [0.29, 0.717) is 6.42 Å². The summed E-state index contributed by atoms with van der Waals surface area (Å²) in [5.41, 5.74) is -0.456. The van der Waals surface area contributed by atoms with E-state index in [1.165, 1.54) is 6.21 Å². The van der Waals surface area contributed by atoms with Crippen LogP contribution in [0.1, 0.15) is 53.4 Å². The first-order chi connectivity index (χ1) is 7.39. The molecule has 0 fully saturated rings. The Morgan fingerprint density at radius 3 is 2.50 bits per heavy atom. The van der Waals surface area contributed by atoms with E-state index >= 15 is 0 Å². The molecule has 0 bridgehead atoms. The number of hydrogen-bond donors (Lipinski definition) is 2. The Hall–Kier alpha value is -1.06. The normalized spacial score (nSPS) is 13.0. The minimum absolute atomic E-state index is 0.112. The lowest BCUT2D eigenvalue weighted by molar-refractivity contribution is 0.0499. The van der Waals surface area contributed by atoms with Crippen molar-refractivity contribution in [3.63, 3.8) is 0 Å². The van der Waals surface area contributed by atoms with E-state index in [0.717, 1.165) is 19.3 Å². The predicted octanol–water partition coefficient (Wildman–Crippen LogP) is 3.11. The average Bonchev–Trinajstić information content (AvgIpc) is 2.11. The fraction of sp³-hybridized carbons (Fsp3) is 0.833. The molecule has 0 aliphatic carbocycles. The molecular weight excluding hydrogens is 204 g/mol. The summed E-state index contributed by atoms with van der Waals surface area (Å²) in [5.74, 6) is 0. The lowest BCUT2D eigenvalue weighted by atomic mass is 10.1. The smallest absolute Gasteiger partial charge is 0.407 e. The van der Waals surface area contributed by atoms with Gasteiger partial charge in [-0.3, -0.25) is 0 Å². The van der Waals surface area contributed by atoms with E-state index in [1.54, 1.807) is 0 Å². The Labute approximate surface area is 98.3 Å².